The van der Waals surface area contributed by atoms with Crippen LogP contribution < -0.4 is 5.32 Å². The standard InChI is InChI=1S/C9H12BrNO3S.ClH/c10-9-2-1-8(14-9)5-11-7-3-4-15(12,13)6-7;/h1-2,7,11H,3-6H2;1H. The summed E-state index contributed by atoms with van der Waals surface area (Å²) in [5, 5.41) is 3.17. The lowest BCUT2D eigenvalue weighted by molar-refractivity contribution is 0.444. The van der Waals surface area contributed by atoms with Crippen molar-refractivity contribution in [2.75, 3.05) is 11.5 Å². The van der Waals surface area contributed by atoms with Gasteiger partial charge in [0.1, 0.15) is 5.76 Å². The fraction of sp³-hybridized carbons (Fsp3) is 0.556. The van der Waals surface area contributed by atoms with E-state index >= 15 is 0 Å². The Bertz CT molecular complexity index is 445. The Kier molecular flexibility index (Phi) is 4.85. The highest BCUT2D eigenvalue weighted by molar-refractivity contribution is 9.10. The molecule has 0 aromatic carbocycles. The number of halogens is 2. The molecule has 1 aromatic rings. The van der Waals surface area contributed by atoms with Gasteiger partial charge in [-0.15, -0.1) is 12.4 Å². The van der Waals surface area contributed by atoms with Crippen molar-refractivity contribution in [2.24, 2.45) is 0 Å². The van der Waals surface area contributed by atoms with Crippen LogP contribution in [0.15, 0.2) is 21.2 Å². The summed E-state index contributed by atoms with van der Waals surface area (Å²) >= 11 is 3.21. The molecule has 1 unspecified atom stereocenters. The van der Waals surface area contributed by atoms with Gasteiger partial charge in [0.05, 0.1) is 18.1 Å². The number of furan rings is 1. The Hall–Kier alpha value is -0.0400. The first-order valence-corrected chi connectivity index (χ1v) is 7.35. The second kappa shape index (κ2) is 5.53. The van der Waals surface area contributed by atoms with E-state index in [1.807, 2.05) is 12.1 Å². The molecule has 2 rings (SSSR count). The van der Waals surface area contributed by atoms with E-state index in [0.29, 0.717) is 23.4 Å². The van der Waals surface area contributed by atoms with E-state index < -0.39 is 9.84 Å². The molecule has 4 nitrogen and oxygen atoms in total. The van der Waals surface area contributed by atoms with Crippen molar-refractivity contribution >= 4 is 38.2 Å². The first-order chi connectivity index (χ1) is 7.05. The van der Waals surface area contributed by atoms with Crippen LogP contribution in [0.2, 0.25) is 0 Å². The zero-order chi connectivity index (χ0) is 10.9. The predicted molar refractivity (Wildman–Crippen MR) is 67.6 cm³/mol. The van der Waals surface area contributed by atoms with Crippen LogP contribution in [-0.4, -0.2) is 26.0 Å². The summed E-state index contributed by atoms with van der Waals surface area (Å²) in [6, 6.07) is 3.75. The van der Waals surface area contributed by atoms with Crippen LogP contribution in [0.1, 0.15) is 12.2 Å². The minimum Gasteiger partial charge on any atom is -0.453 e. The Balaban J connectivity index is 0.00000128. The van der Waals surface area contributed by atoms with Crippen molar-refractivity contribution in [3.05, 3.63) is 22.6 Å². The van der Waals surface area contributed by atoms with Crippen LogP contribution in [0.3, 0.4) is 0 Å². The highest BCUT2D eigenvalue weighted by atomic mass is 79.9. The molecule has 0 spiro atoms. The van der Waals surface area contributed by atoms with Crippen molar-refractivity contribution in [2.45, 2.75) is 19.0 Å². The molecule has 7 heteroatoms. The van der Waals surface area contributed by atoms with E-state index in [0.717, 1.165) is 5.76 Å². The van der Waals surface area contributed by atoms with Gasteiger partial charge >= 0.3 is 0 Å². The monoisotopic (exact) mass is 329 g/mol. The highest BCUT2D eigenvalue weighted by Gasteiger charge is 2.27. The van der Waals surface area contributed by atoms with Gasteiger partial charge in [-0.05, 0) is 34.5 Å². The fourth-order valence-electron chi connectivity index (χ4n) is 1.65. The Labute approximate surface area is 109 Å². The molecular formula is C9H13BrClNO3S. The SMILES string of the molecule is Cl.O=S1(=O)CCC(NCc2ccc(Br)o2)C1. The first-order valence-electron chi connectivity index (χ1n) is 4.73. The second-order valence-corrected chi connectivity index (χ2v) is 6.70. The zero-order valence-electron chi connectivity index (χ0n) is 8.48. The Morgan fingerprint density at radius 3 is 2.75 bits per heavy atom. The second-order valence-electron chi connectivity index (χ2n) is 3.69. The lowest BCUT2D eigenvalue weighted by Crippen LogP contribution is -2.29. The molecular weight excluding hydrogens is 318 g/mol. The van der Waals surface area contributed by atoms with Crippen molar-refractivity contribution in [1.82, 2.24) is 5.32 Å². The van der Waals surface area contributed by atoms with Crippen LogP contribution in [0.4, 0.5) is 0 Å². The summed E-state index contributed by atoms with van der Waals surface area (Å²) in [6.07, 6.45) is 0.699. The molecule has 2 heterocycles. The normalized spacial score (nSPS) is 22.9. The van der Waals surface area contributed by atoms with Crippen molar-refractivity contribution in [3.8, 4) is 0 Å². The molecule has 0 saturated carbocycles. The molecule has 0 aliphatic carbocycles. The van der Waals surface area contributed by atoms with Crippen molar-refractivity contribution < 1.29 is 12.8 Å². The maximum atomic E-state index is 11.2. The third-order valence-corrected chi connectivity index (χ3v) is 4.62. The van der Waals surface area contributed by atoms with Gasteiger partial charge in [0.2, 0.25) is 0 Å². The average molecular weight is 331 g/mol. The molecule has 0 radical (unpaired) electrons. The van der Waals surface area contributed by atoms with Crippen molar-refractivity contribution in [3.63, 3.8) is 0 Å². The van der Waals surface area contributed by atoms with Crippen LogP contribution in [-0.2, 0) is 16.4 Å². The van der Waals surface area contributed by atoms with Crippen LogP contribution in [0.25, 0.3) is 0 Å². The number of hydrogen-bond acceptors (Lipinski definition) is 4. The van der Waals surface area contributed by atoms with Crippen molar-refractivity contribution in [1.29, 1.82) is 0 Å². The number of sulfone groups is 1. The van der Waals surface area contributed by atoms with E-state index in [2.05, 4.69) is 21.2 Å². The smallest absolute Gasteiger partial charge is 0.169 e. The van der Waals surface area contributed by atoms with Gasteiger partial charge in [0, 0.05) is 6.04 Å². The predicted octanol–water partition coefficient (Wildman–Crippen LogP) is 1.74. The average Bonchev–Trinajstić information content (AvgIpc) is 2.69. The number of rotatable bonds is 3. The largest absolute Gasteiger partial charge is 0.453 e. The summed E-state index contributed by atoms with van der Waals surface area (Å²) < 4.78 is 28.4. The molecule has 1 aromatic heterocycles. The summed E-state index contributed by atoms with van der Waals surface area (Å²) in [7, 11) is -2.80. The summed E-state index contributed by atoms with van der Waals surface area (Å²) in [6.45, 7) is 0.575. The maximum absolute atomic E-state index is 11.2. The lowest BCUT2D eigenvalue weighted by atomic mass is 10.2. The van der Waals surface area contributed by atoms with Gasteiger partial charge in [0.15, 0.2) is 14.5 Å². The van der Waals surface area contributed by atoms with E-state index in [4.69, 9.17) is 4.42 Å². The summed E-state index contributed by atoms with van der Waals surface area (Å²) in [5.74, 6) is 1.35. The minimum atomic E-state index is -2.80. The molecule has 92 valence electrons. The quantitative estimate of drug-likeness (QED) is 0.917. The topological polar surface area (TPSA) is 59.3 Å². The van der Waals surface area contributed by atoms with Gasteiger partial charge in [-0.3, -0.25) is 0 Å². The molecule has 1 fully saturated rings. The third kappa shape index (κ3) is 3.76. The summed E-state index contributed by atoms with van der Waals surface area (Å²) in [4.78, 5) is 0. The van der Waals surface area contributed by atoms with Gasteiger partial charge < -0.3 is 9.73 Å². The molecule has 0 bridgehead atoms. The molecule has 1 N–H and O–H groups in total. The molecule has 1 aliphatic heterocycles. The van der Waals surface area contributed by atoms with Crippen LogP contribution in [0, 0.1) is 0 Å². The van der Waals surface area contributed by atoms with Crippen LogP contribution >= 0.6 is 28.3 Å². The van der Waals surface area contributed by atoms with E-state index in [1.165, 1.54) is 0 Å². The zero-order valence-corrected chi connectivity index (χ0v) is 11.7. The molecule has 1 aliphatic rings. The molecule has 1 atom stereocenters. The Morgan fingerprint density at radius 1 is 1.50 bits per heavy atom. The van der Waals surface area contributed by atoms with Gasteiger partial charge in [0.25, 0.3) is 0 Å². The van der Waals surface area contributed by atoms with Gasteiger partial charge in [-0.1, -0.05) is 0 Å². The minimum absolute atomic E-state index is 0. The van der Waals surface area contributed by atoms with Gasteiger partial charge in [-0.2, -0.15) is 0 Å². The molecule has 16 heavy (non-hydrogen) atoms. The van der Waals surface area contributed by atoms with Crippen LogP contribution in [0.5, 0.6) is 0 Å². The summed E-state index contributed by atoms with van der Waals surface area (Å²) in [5.41, 5.74) is 0. The van der Waals surface area contributed by atoms with Gasteiger partial charge in [-0.25, -0.2) is 8.42 Å². The first kappa shape index (κ1) is 14.0. The fourth-order valence-corrected chi connectivity index (χ4v) is 3.70. The lowest BCUT2D eigenvalue weighted by Gasteiger charge is -2.08. The Morgan fingerprint density at radius 2 is 2.25 bits per heavy atom. The van der Waals surface area contributed by atoms with E-state index in [1.54, 1.807) is 0 Å². The third-order valence-electron chi connectivity index (χ3n) is 2.43. The number of nitrogens with one attached hydrogen (secondary N) is 1. The maximum Gasteiger partial charge on any atom is 0.169 e. The number of hydrogen-bond donors (Lipinski definition) is 1. The van der Waals surface area contributed by atoms with E-state index in [-0.39, 0.29) is 24.2 Å². The van der Waals surface area contributed by atoms with E-state index in [9.17, 15) is 8.42 Å². The molecule has 1 saturated heterocycles. The highest BCUT2D eigenvalue weighted by Crippen LogP contribution is 2.15. The molecule has 0 amide bonds.